The first-order chi connectivity index (χ1) is 27.8. The molecule has 284 valence electrons. The number of nitrogens with one attached hydrogen (secondary N) is 2. The van der Waals surface area contributed by atoms with Gasteiger partial charge in [0.2, 0.25) is 5.91 Å². The first-order valence-corrected chi connectivity index (χ1v) is 20.8. The van der Waals surface area contributed by atoms with Gasteiger partial charge in [0.1, 0.15) is 6.29 Å². The number of pyridine rings is 2. The number of fused-ring (bicyclic) bond motifs is 2. The third-order valence-corrected chi connectivity index (χ3v) is 12.1. The molecular weight excluding hydrogens is 796 g/mol. The molecule has 6 aromatic rings. The fourth-order valence-corrected chi connectivity index (χ4v) is 8.56. The Balaban J connectivity index is 0.000000132. The van der Waals surface area contributed by atoms with Crippen LogP contribution in [-0.4, -0.2) is 56.2 Å². The molecule has 0 radical (unpaired) electrons. The van der Waals surface area contributed by atoms with Gasteiger partial charge in [0.25, 0.3) is 5.91 Å². The second-order valence-corrected chi connectivity index (χ2v) is 16.5. The molecule has 0 spiro atoms. The standard InChI is InChI=1S/C22H16ClN3OS.C12H12N2OS.C10H6ClNO/c23-17-8-9-24-18-7-6-13(10-16(17)18)11-20-21(27)26-22(28-20)25-19-12-15(19)14-4-2-1-3-5-14;15-11-7-16-12(14-11)13-10-6-9(10)8-4-2-1-3-5-8;11-9-3-4-12-10-2-1-7(6-13)5-8(9)10/h1-11,15,19H,12H2,(H,25,26,27);1-5,9-10H,6-7H2,(H,13,14,15);1-6H/b20-11-;;/t15-,19+;9-,10+;/m11./s1. The van der Waals surface area contributed by atoms with E-state index in [0.717, 1.165) is 51.7 Å². The average molecular weight is 830 g/mol. The van der Waals surface area contributed by atoms with E-state index in [1.807, 2.05) is 36.4 Å². The normalized spacial score (nSPS) is 22.7. The molecular formula is C44H34Cl2N6O3S2. The molecule has 9 nitrogen and oxygen atoms in total. The summed E-state index contributed by atoms with van der Waals surface area (Å²) in [6, 6.07) is 35.9. The van der Waals surface area contributed by atoms with Crippen molar-refractivity contribution in [2.24, 2.45) is 9.98 Å². The number of hydrogen-bond donors (Lipinski definition) is 2. The summed E-state index contributed by atoms with van der Waals surface area (Å²) in [5.41, 5.74) is 5.83. The monoisotopic (exact) mass is 828 g/mol. The van der Waals surface area contributed by atoms with Gasteiger partial charge in [-0.15, -0.1) is 0 Å². The quantitative estimate of drug-likeness (QED) is 0.127. The summed E-state index contributed by atoms with van der Waals surface area (Å²) in [6.07, 6.45) is 8.12. The van der Waals surface area contributed by atoms with Crippen LogP contribution in [0.25, 0.3) is 27.9 Å². The van der Waals surface area contributed by atoms with Crippen molar-refractivity contribution in [1.29, 1.82) is 0 Å². The van der Waals surface area contributed by atoms with Gasteiger partial charge in [0.05, 0.1) is 43.8 Å². The largest absolute Gasteiger partial charge is 0.305 e. The molecule has 57 heavy (non-hydrogen) atoms. The topological polar surface area (TPSA) is 126 Å². The molecule has 0 bridgehead atoms. The summed E-state index contributed by atoms with van der Waals surface area (Å²) in [5.74, 6) is 1.47. The number of amidine groups is 2. The Morgan fingerprint density at radius 2 is 1.21 bits per heavy atom. The summed E-state index contributed by atoms with van der Waals surface area (Å²) in [5, 5.41) is 10.1. The highest BCUT2D eigenvalue weighted by Gasteiger charge is 2.40. The number of rotatable bonds is 6. The number of thioether (sulfide) groups is 2. The first-order valence-electron chi connectivity index (χ1n) is 18.2. The lowest BCUT2D eigenvalue weighted by Gasteiger charge is -2.01. The number of aliphatic imine (C=N–C) groups is 2. The Labute approximate surface area is 347 Å². The van der Waals surface area contributed by atoms with E-state index in [-0.39, 0.29) is 17.9 Å². The third kappa shape index (κ3) is 9.62. The number of aromatic nitrogens is 2. The van der Waals surface area contributed by atoms with Crippen molar-refractivity contribution in [3.8, 4) is 0 Å². The van der Waals surface area contributed by atoms with Gasteiger partial charge < -0.3 is 10.6 Å². The molecule has 0 unspecified atom stereocenters. The molecule has 2 aliphatic heterocycles. The van der Waals surface area contributed by atoms with E-state index in [0.29, 0.717) is 49.3 Å². The van der Waals surface area contributed by atoms with Crippen LogP contribution < -0.4 is 10.6 Å². The molecule has 10 rings (SSSR count). The third-order valence-electron chi connectivity index (χ3n) is 9.63. The Kier molecular flexibility index (Phi) is 11.8. The fraction of sp³-hybridized carbons (Fsp3) is 0.159. The van der Waals surface area contributed by atoms with E-state index in [9.17, 15) is 14.4 Å². The Morgan fingerprint density at radius 1 is 0.667 bits per heavy atom. The SMILES string of the molecule is O=C1CSC(=N[C@H]2C[C@@H]2c2ccccc2)N1.O=C1NC(=N[C@H]2C[C@@H]2c2ccccc2)S/C1=C\c1ccc2nccc(Cl)c2c1.O=Cc1ccc2nccc(Cl)c2c1. The molecule has 4 heterocycles. The van der Waals surface area contributed by atoms with Crippen molar-refractivity contribution in [2.45, 2.75) is 36.8 Å². The van der Waals surface area contributed by atoms with Gasteiger partial charge >= 0.3 is 0 Å². The van der Waals surface area contributed by atoms with Crippen molar-refractivity contribution in [3.05, 3.63) is 159 Å². The highest BCUT2D eigenvalue weighted by atomic mass is 35.5. The maximum absolute atomic E-state index is 12.4. The van der Waals surface area contributed by atoms with Crippen molar-refractivity contribution in [2.75, 3.05) is 5.75 Å². The molecule has 2 N–H and O–H groups in total. The summed E-state index contributed by atoms with van der Waals surface area (Å²) in [4.78, 5) is 52.2. The molecule has 4 aromatic carbocycles. The predicted molar refractivity (Wildman–Crippen MR) is 233 cm³/mol. The van der Waals surface area contributed by atoms with E-state index in [2.05, 4.69) is 74.1 Å². The fourth-order valence-electron chi connectivity index (χ4n) is 6.53. The number of nitrogens with zero attached hydrogens (tertiary/aromatic N) is 4. The average Bonchev–Trinajstić information content (AvgIpc) is 4.12. The van der Waals surface area contributed by atoms with Crippen molar-refractivity contribution >= 4 is 103 Å². The van der Waals surface area contributed by atoms with Crippen LogP contribution in [0.3, 0.4) is 0 Å². The van der Waals surface area contributed by atoms with Crippen molar-refractivity contribution in [1.82, 2.24) is 20.6 Å². The van der Waals surface area contributed by atoms with Crippen molar-refractivity contribution < 1.29 is 14.4 Å². The van der Waals surface area contributed by atoms with Gasteiger partial charge in [-0.2, -0.15) is 0 Å². The molecule has 4 aliphatic rings. The van der Waals surface area contributed by atoms with Crippen molar-refractivity contribution in [3.63, 3.8) is 0 Å². The maximum atomic E-state index is 12.4. The van der Waals surface area contributed by atoms with E-state index in [1.54, 1.807) is 42.7 Å². The first kappa shape index (κ1) is 38.5. The minimum Gasteiger partial charge on any atom is -0.305 e. The Bertz CT molecular complexity index is 2590. The van der Waals surface area contributed by atoms with Gasteiger partial charge in [-0.3, -0.25) is 34.3 Å². The van der Waals surface area contributed by atoms with Gasteiger partial charge in [0.15, 0.2) is 10.3 Å². The summed E-state index contributed by atoms with van der Waals surface area (Å²) in [6.45, 7) is 0. The van der Waals surface area contributed by atoms with Gasteiger partial charge in [-0.25, -0.2) is 0 Å². The summed E-state index contributed by atoms with van der Waals surface area (Å²) >= 11 is 15.1. The summed E-state index contributed by atoms with van der Waals surface area (Å²) in [7, 11) is 0. The minimum atomic E-state index is -0.113. The molecule has 4 fully saturated rings. The number of carbonyl (C=O) groups excluding carboxylic acids is 3. The second kappa shape index (κ2) is 17.4. The number of halogens is 2. The van der Waals surface area contributed by atoms with Crippen LogP contribution in [0.4, 0.5) is 0 Å². The Hall–Kier alpha value is -5.33. The van der Waals surface area contributed by atoms with Gasteiger partial charge in [-0.05, 0) is 89.8 Å². The molecule has 4 atom stereocenters. The lowest BCUT2D eigenvalue weighted by Crippen LogP contribution is -2.20. The van der Waals surface area contributed by atoms with E-state index >= 15 is 0 Å². The van der Waals surface area contributed by atoms with Crippen LogP contribution >= 0.6 is 46.7 Å². The zero-order chi connectivity index (χ0) is 39.3. The summed E-state index contributed by atoms with van der Waals surface area (Å²) < 4.78 is 0. The van der Waals surface area contributed by atoms with E-state index < -0.39 is 0 Å². The Morgan fingerprint density at radius 3 is 1.75 bits per heavy atom. The molecule has 13 heteroatoms. The number of aldehydes is 1. The van der Waals surface area contributed by atoms with E-state index in [1.165, 1.54) is 34.7 Å². The maximum Gasteiger partial charge on any atom is 0.264 e. The molecule has 2 saturated carbocycles. The van der Waals surface area contributed by atoms with Crippen LogP contribution in [0.2, 0.25) is 10.0 Å². The lowest BCUT2D eigenvalue weighted by atomic mass is 10.1. The number of amides is 2. The molecule has 2 saturated heterocycles. The van der Waals surface area contributed by atoms with Crippen LogP contribution in [0.15, 0.2) is 136 Å². The number of carbonyl (C=O) groups is 3. The van der Waals surface area contributed by atoms with Gasteiger partial charge in [0, 0.05) is 40.6 Å². The zero-order valence-electron chi connectivity index (χ0n) is 30.2. The second-order valence-electron chi connectivity index (χ2n) is 13.7. The van der Waals surface area contributed by atoms with Crippen LogP contribution in [0.5, 0.6) is 0 Å². The molecule has 2 aliphatic carbocycles. The molecule has 2 amide bonds. The number of hydrogen-bond acceptors (Lipinski definition) is 9. The van der Waals surface area contributed by atoms with Crippen LogP contribution in [0.1, 0.15) is 51.7 Å². The highest BCUT2D eigenvalue weighted by Crippen LogP contribution is 2.45. The van der Waals surface area contributed by atoms with Crippen LogP contribution in [-0.2, 0) is 9.59 Å². The van der Waals surface area contributed by atoms with Crippen LogP contribution in [0, 0.1) is 0 Å². The molecule has 2 aromatic heterocycles. The zero-order valence-corrected chi connectivity index (χ0v) is 33.4. The number of benzene rings is 4. The predicted octanol–water partition coefficient (Wildman–Crippen LogP) is 9.47. The highest BCUT2D eigenvalue weighted by molar-refractivity contribution is 8.18. The minimum absolute atomic E-state index is 0.0701. The smallest absolute Gasteiger partial charge is 0.264 e. The van der Waals surface area contributed by atoms with E-state index in [4.69, 9.17) is 28.2 Å². The van der Waals surface area contributed by atoms with Gasteiger partial charge in [-0.1, -0.05) is 102 Å². The lowest BCUT2D eigenvalue weighted by molar-refractivity contribution is -0.117.